The van der Waals surface area contributed by atoms with Crippen molar-refractivity contribution in [2.45, 2.75) is 6.92 Å². The van der Waals surface area contributed by atoms with Crippen LogP contribution in [0.4, 0.5) is 0 Å². The number of aldehydes is 2. The molecule has 3 heterocycles. The van der Waals surface area contributed by atoms with E-state index in [2.05, 4.69) is 10.2 Å². The van der Waals surface area contributed by atoms with Crippen LogP contribution in [0, 0.1) is 6.92 Å². The summed E-state index contributed by atoms with van der Waals surface area (Å²) in [4.78, 5) is 37.5. The molecule has 0 bridgehead atoms. The van der Waals surface area contributed by atoms with Gasteiger partial charge in [-0.1, -0.05) is 24.4 Å². The minimum Gasteiger partial charge on any atom is -0.506 e. The van der Waals surface area contributed by atoms with Crippen LogP contribution in [0.3, 0.4) is 0 Å². The van der Waals surface area contributed by atoms with Crippen LogP contribution in [0.1, 0.15) is 37.4 Å². The molecule has 0 spiro atoms. The van der Waals surface area contributed by atoms with Crippen LogP contribution in [-0.2, 0) is 0 Å². The molecule has 45 heavy (non-hydrogen) atoms. The van der Waals surface area contributed by atoms with Gasteiger partial charge in [-0.3, -0.25) is 9.59 Å². The van der Waals surface area contributed by atoms with Gasteiger partial charge in [0.25, 0.3) is 0 Å². The third kappa shape index (κ3) is 5.19. The lowest BCUT2D eigenvalue weighted by atomic mass is 9.95. The summed E-state index contributed by atoms with van der Waals surface area (Å²) in [6, 6.07) is 16.7. The van der Waals surface area contributed by atoms with Crippen molar-refractivity contribution in [1.29, 1.82) is 0 Å². The van der Waals surface area contributed by atoms with Crippen molar-refractivity contribution < 1.29 is 19.1 Å². The Morgan fingerprint density at radius 1 is 0.822 bits per heavy atom. The second-order valence-corrected chi connectivity index (χ2v) is 11.0. The van der Waals surface area contributed by atoms with E-state index in [-0.39, 0.29) is 49.2 Å². The predicted molar refractivity (Wildman–Crippen MR) is 177 cm³/mol. The van der Waals surface area contributed by atoms with Crippen LogP contribution >= 0.6 is 24.4 Å². The quantitative estimate of drug-likeness (QED) is 0.123. The monoisotopic (exact) mass is 634 g/mol. The van der Waals surface area contributed by atoms with Crippen molar-refractivity contribution in [2.24, 2.45) is 11.5 Å². The molecule has 6 rings (SSSR count). The molecule has 3 aromatic heterocycles. The number of aromatic nitrogens is 4. The van der Waals surface area contributed by atoms with E-state index in [1.54, 1.807) is 61.5 Å². The second kappa shape index (κ2) is 11.4. The highest BCUT2D eigenvalue weighted by molar-refractivity contribution is 7.80. The molecular weight excluding hydrogens is 613 g/mol. The number of aromatic hydroxyl groups is 1. The average molecular weight is 635 g/mol. The fraction of sp³-hybridized carbons (Fsp3) is 0.0312. The zero-order chi connectivity index (χ0) is 32.0. The number of fused-ring (bicyclic) bond motifs is 1. The molecule has 0 saturated carbocycles. The molecule has 0 aliphatic carbocycles. The van der Waals surface area contributed by atoms with Gasteiger partial charge in [0, 0.05) is 40.5 Å². The first-order chi connectivity index (χ1) is 21.6. The van der Waals surface area contributed by atoms with Crippen molar-refractivity contribution in [3.8, 4) is 39.6 Å². The number of nitrogens with two attached hydrogens (primary N) is 2. The number of hydrogen-bond acceptors (Lipinski definition) is 9. The smallest absolute Gasteiger partial charge is 0.336 e. The van der Waals surface area contributed by atoms with Gasteiger partial charge in [-0.05, 0) is 67.1 Å². The van der Waals surface area contributed by atoms with E-state index in [4.69, 9.17) is 40.3 Å². The summed E-state index contributed by atoms with van der Waals surface area (Å²) >= 11 is 10.1. The molecule has 0 aliphatic heterocycles. The van der Waals surface area contributed by atoms with Crippen molar-refractivity contribution in [3.63, 3.8) is 0 Å². The minimum atomic E-state index is -0.660. The summed E-state index contributed by atoms with van der Waals surface area (Å²) < 4.78 is 8.51. The molecule has 3 aromatic carbocycles. The molecular formula is C32H22N6O5S2. The fourth-order valence-corrected chi connectivity index (χ4v) is 5.28. The largest absolute Gasteiger partial charge is 0.506 e. The molecule has 0 fully saturated rings. The van der Waals surface area contributed by atoms with E-state index < -0.39 is 11.4 Å². The van der Waals surface area contributed by atoms with Crippen molar-refractivity contribution in [1.82, 2.24) is 19.6 Å². The van der Waals surface area contributed by atoms with Crippen LogP contribution in [0.15, 0.2) is 82.3 Å². The normalized spacial score (nSPS) is 11.0. The molecule has 0 radical (unpaired) electrons. The summed E-state index contributed by atoms with van der Waals surface area (Å²) in [5, 5.41) is 21.5. The molecule has 11 nitrogen and oxygen atoms in total. The van der Waals surface area contributed by atoms with Gasteiger partial charge in [0.1, 0.15) is 27.1 Å². The Bertz CT molecular complexity index is 2250. The van der Waals surface area contributed by atoms with Crippen LogP contribution in [0.2, 0.25) is 0 Å². The maximum atomic E-state index is 12.5. The molecule has 13 heteroatoms. The first-order valence-electron chi connectivity index (χ1n) is 13.3. The summed E-state index contributed by atoms with van der Waals surface area (Å²) in [5.41, 5.74) is 14.4. The van der Waals surface area contributed by atoms with E-state index in [1.165, 1.54) is 27.8 Å². The highest BCUT2D eigenvalue weighted by atomic mass is 32.1. The van der Waals surface area contributed by atoms with Gasteiger partial charge in [-0.25, -0.2) is 14.2 Å². The Morgan fingerprint density at radius 2 is 1.31 bits per heavy atom. The predicted octanol–water partition coefficient (Wildman–Crippen LogP) is 4.41. The van der Waals surface area contributed by atoms with Crippen LogP contribution < -0.4 is 17.1 Å². The lowest BCUT2D eigenvalue weighted by molar-refractivity contribution is 0.111. The average Bonchev–Trinajstić information content (AvgIpc) is 3.65. The SMILES string of the molecule is Cc1cc(=O)oc2c(-c3nn(-c4ccc(C(N)=S)cc4)cc3C=O)c(O)c(-c3nn(-c4ccc(C(N)=S)cc4)cc3C=O)cc12. The number of phenols is 1. The van der Waals surface area contributed by atoms with Crippen molar-refractivity contribution in [2.75, 3.05) is 0 Å². The van der Waals surface area contributed by atoms with Crippen molar-refractivity contribution in [3.05, 3.63) is 111 Å². The summed E-state index contributed by atoms with van der Waals surface area (Å²) in [7, 11) is 0. The fourth-order valence-electron chi connectivity index (χ4n) is 5.01. The van der Waals surface area contributed by atoms with E-state index in [1.807, 2.05) is 0 Å². The van der Waals surface area contributed by atoms with Gasteiger partial charge in [0.05, 0.1) is 28.1 Å². The Balaban J connectivity index is 1.59. The van der Waals surface area contributed by atoms with Crippen LogP contribution in [0.5, 0.6) is 5.75 Å². The number of hydrogen-bond donors (Lipinski definition) is 3. The van der Waals surface area contributed by atoms with E-state index in [0.29, 0.717) is 46.0 Å². The van der Waals surface area contributed by atoms with E-state index in [0.717, 1.165) is 0 Å². The zero-order valence-electron chi connectivity index (χ0n) is 23.4. The van der Waals surface area contributed by atoms with Crippen LogP contribution in [0.25, 0.3) is 44.9 Å². The molecule has 6 aromatic rings. The third-order valence-corrected chi connectivity index (χ3v) is 7.75. The molecule has 0 atom stereocenters. The van der Waals surface area contributed by atoms with Gasteiger partial charge < -0.3 is 21.0 Å². The maximum Gasteiger partial charge on any atom is 0.336 e. The van der Waals surface area contributed by atoms with E-state index >= 15 is 0 Å². The van der Waals surface area contributed by atoms with Gasteiger partial charge >= 0.3 is 5.63 Å². The summed E-state index contributed by atoms with van der Waals surface area (Å²) in [5.74, 6) is -0.398. The third-order valence-electron chi connectivity index (χ3n) is 7.28. The molecule has 0 saturated heterocycles. The summed E-state index contributed by atoms with van der Waals surface area (Å²) in [6.45, 7) is 1.70. The first-order valence-corrected chi connectivity index (χ1v) is 14.1. The molecule has 0 amide bonds. The van der Waals surface area contributed by atoms with Crippen LogP contribution in [-0.4, -0.2) is 47.2 Å². The number of benzene rings is 3. The van der Waals surface area contributed by atoms with Gasteiger partial charge in [0.15, 0.2) is 18.2 Å². The maximum absolute atomic E-state index is 12.5. The Labute approximate surface area is 265 Å². The Hall–Kier alpha value is -5.79. The number of thiocarbonyl (C=S) groups is 2. The first kappa shape index (κ1) is 29.3. The molecule has 222 valence electrons. The number of carbonyl (C=O) groups excluding carboxylic acids is 2. The number of nitrogens with zero attached hydrogens (tertiary/aromatic N) is 4. The highest BCUT2D eigenvalue weighted by Crippen LogP contribution is 2.44. The van der Waals surface area contributed by atoms with Gasteiger partial charge in [-0.2, -0.15) is 10.2 Å². The topological polar surface area (TPSA) is 172 Å². The lowest BCUT2D eigenvalue weighted by Gasteiger charge is -2.13. The zero-order valence-corrected chi connectivity index (χ0v) is 25.1. The Morgan fingerprint density at radius 3 is 1.80 bits per heavy atom. The lowest BCUT2D eigenvalue weighted by Crippen LogP contribution is -2.09. The van der Waals surface area contributed by atoms with E-state index in [9.17, 15) is 19.5 Å². The van der Waals surface area contributed by atoms with Gasteiger partial charge in [-0.15, -0.1) is 0 Å². The number of phenolic OH excluding ortho intramolecular Hbond substituents is 1. The summed E-state index contributed by atoms with van der Waals surface area (Å²) in [6.07, 6.45) is 4.19. The Kier molecular flexibility index (Phi) is 7.40. The minimum absolute atomic E-state index is 0.0128. The molecule has 5 N–H and O–H groups in total. The number of aryl methyl sites for hydroxylation is 1. The molecule has 0 unspecified atom stereocenters. The number of carbonyl (C=O) groups is 2. The standard InChI is InChI=1S/C32H22N6O5S2/c1-16-10-25(41)43-30-23(16)11-24(27-19(14-39)12-37(35-27)21-6-2-17(3-7-21)31(33)44)29(42)26(30)28-20(15-40)13-38(36-28)22-8-4-18(5-9-22)32(34)45/h2-15,42H,1H3,(H2,33,44)(H2,34,45). The second-order valence-electron chi connectivity index (χ2n) is 10.1. The van der Waals surface area contributed by atoms with Gasteiger partial charge in [0.2, 0.25) is 0 Å². The molecule has 0 aliphatic rings. The van der Waals surface area contributed by atoms with Crippen molar-refractivity contribution >= 4 is 58.0 Å². The number of rotatable bonds is 8. The highest BCUT2D eigenvalue weighted by Gasteiger charge is 2.26.